The summed E-state index contributed by atoms with van der Waals surface area (Å²) in [5.74, 6) is 0. The average molecular weight is 428 g/mol. The highest BCUT2D eigenvalue weighted by Crippen LogP contribution is 2.27. The van der Waals surface area contributed by atoms with Gasteiger partial charge in [-0.2, -0.15) is 5.10 Å². The highest BCUT2D eigenvalue weighted by molar-refractivity contribution is 9.10. The molecular weight excluding hydrogens is 414 g/mol. The molecule has 0 saturated heterocycles. The minimum absolute atomic E-state index is 0.181. The highest BCUT2D eigenvalue weighted by Gasteiger charge is 2.13. The Bertz CT molecular complexity index is 1090. The molecule has 2 aromatic carbocycles. The van der Waals surface area contributed by atoms with E-state index in [1.165, 1.54) is 0 Å². The summed E-state index contributed by atoms with van der Waals surface area (Å²) in [4.78, 5) is 11.1. The van der Waals surface area contributed by atoms with Gasteiger partial charge in [-0.3, -0.25) is 4.79 Å². The lowest BCUT2D eigenvalue weighted by Crippen LogP contribution is -1.99. The van der Waals surface area contributed by atoms with Crippen LogP contribution in [0.25, 0.3) is 16.9 Å². The molecule has 0 spiro atoms. The summed E-state index contributed by atoms with van der Waals surface area (Å²) >= 11 is 4.56. The van der Waals surface area contributed by atoms with Crippen molar-refractivity contribution in [3.8, 4) is 16.9 Å². The minimum atomic E-state index is -0.181. The van der Waals surface area contributed by atoms with Gasteiger partial charge in [-0.25, -0.2) is 9.78 Å². The molecule has 6 nitrogen and oxygen atoms in total. The van der Waals surface area contributed by atoms with E-state index < -0.39 is 0 Å². The molecule has 130 valence electrons. The van der Waals surface area contributed by atoms with Gasteiger partial charge in [0.05, 0.1) is 11.4 Å². The van der Waals surface area contributed by atoms with E-state index in [4.69, 9.17) is 5.10 Å². The lowest BCUT2D eigenvalue weighted by atomic mass is 10.1. The molecule has 0 aliphatic carbocycles. The molecule has 8 heteroatoms. The van der Waals surface area contributed by atoms with Gasteiger partial charge in [0.25, 0.3) is 0 Å². The van der Waals surface area contributed by atoms with Crippen molar-refractivity contribution in [3.05, 3.63) is 80.5 Å². The first-order valence-corrected chi connectivity index (χ1v) is 9.49. The van der Waals surface area contributed by atoms with Crippen LogP contribution in [0.5, 0.6) is 0 Å². The first-order valence-electron chi connectivity index (χ1n) is 7.88. The molecule has 4 rings (SSSR count). The molecule has 0 atom stereocenters. The molecule has 0 radical (unpaired) electrons. The van der Waals surface area contributed by atoms with Gasteiger partial charge in [0.1, 0.15) is 0 Å². The van der Waals surface area contributed by atoms with Crippen LogP contribution in [-0.4, -0.2) is 20.0 Å². The monoisotopic (exact) mass is 427 g/mol. The molecule has 0 saturated carbocycles. The van der Waals surface area contributed by atoms with Crippen molar-refractivity contribution >= 4 is 32.4 Å². The third-order valence-corrected chi connectivity index (χ3v) is 4.98. The Morgan fingerprint density at radius 3 is 2.73 bits per heavy atom. The predicted molar refractivity (Wildman–Crippen MR) is 107 cm³/mol. The van der Waals surface area contributed by atoms with Crippen molar-refractivity contribution in [3.63, 3.8) is 0 Å². The van der Waals surface area contributed by atoms with Gasteiger partial charge in [-0.15, -0.1) is 5.10 Å². The van der Waals surface area contributed by atoms with E-state index in [1.807, 2.05) is 65.5 Å². The zero-order chi connectivity index (χ0) is 17.9. The Balaban J connectivity index is 1.72. The van der Waals surface area contributed by atoms with Crippen molar-refractivity contribution in [2.24, 2.45) is 0 Å². The van der Waals surface area contributed by atoms with Gasteiger partial charge in [-0.05, 0) is 35.6 Å². The van der Waals surface area contributed by atoms with Crippen LogP contribution < -0.4 is 10.2 Å². The molecule has 0 aliphatic heterocycles. The van der Waals surface area contributed by atoms with E-state index >= 15 is 0 Å². The molecule has 4 aromatic rings. The summed E-state index contributed by atoms with van der Waals surface area (Å²) in [5, 5.41) is 14.9. The zero-order valence-corrected chi connectivity index (χ0v) is 15.9. The highest BCUT2D eigenvalue weighted by atomic mass is 79.9. The summed E-state index contributed by atoms with van der Waals surface area (Å²) in [6.07, 6.45) is 1.99. The molecule has 2 aromatic heterocycles. The van der Waals surface area contributed by atoms with E-state index in [-0.39, 0.29) is 4.87 Å². The number of aromatic amines is 1. The Morgan fingerprint density at radius 2 is 2.00 bits per heavy atom. The predicted octanol–water partition coefficient (Wildman–Crippen LogP) is 4.06. The summed E-state index contributed by atoms with van der Waals surface area (Å²) < 4.78 is 2.86. The average Bonchev–Trinajstić information content (AvgIpc) is 3.27. The number of rotatable bonds is 5. The number of para-hydroxylation sites is 1. The van der Waals surface area contributed by atoms with E-state index in [0.29, 0.717) is 11.7 Å². The first-order chi connectivity index (χ1) is 12.7. The van der Waals surface area contributed by atoms with Gasteiger partial charge in [0.15, 0.2) is 0 Å². The maximum Gasteiger partial charge on any atom is 0.324 e. The quantitative estimate of drug-likeness (QED) is 0.503. The second kappa shape index (κ2) is 7.27. The van der Waals surface area contributed by atoms with E-state index in [9.17, 15) is 4.79 Å². The fourth-order valence-electron chi connectivity index (χ4n) is 2.61. The topological polar surface area (TPSA) is 75.6 Å². The van der Waals surface area contributed by atoms with Crippen molar-refractivity contribution in [1.29, 1.82) is 0 Å². The molecule has 0 bridgehead atoms. The number of hydrogen-bond acceptors (Lipinski definition) is 5. The molecule has 2 heterocycles. The summed E-state index contributed by atoms with van der Waals surface area (Å²) in [5.41, 5.74) is 3.89. The molecule has 0 amide bonds. The van der Waals surface area contributed by atoms with Crippen LogP contribution in [-0.2, 0) is 6.54 Å². The Labute approximate surface area is 161 Å². The minimum Gasteiger partial charge on any atom is -0.356 e. The van der Waals surface area contributed by atoms with Crippen LogP contribution in [0.3, 0.4) is 0 Å². The Morgan fingerprint density at radius 1 is 1.15 bits per heavy atom. The fraction of sp³-hybridized carbons (Fsp3) is 0.0556. The number of aromatic nitrogens is 4. The standard InChI is InChI=1S/C18H14BrN5OS/c19-14-6-4-5-12(9-14)16-13(10-20-17-21-22-18(25)26-17)11-24(23-16)15-7-2-1-3-8-15/h1-9,11H,10H2,(H,20,21)(H,22,25). The first kappa shape index (κ1) is 16.7. The van der Waals surface area contributed by atoms with Gasteiger partial charge < -0.3 is 5.32 Å². The molecule has 0 unspecified atom stereocenters. The second-order valence-corrected chi connectivity index (χ2v) is 7.44. The van der Waals surface area contributed by atoms with Gasteiger partial charge >= 0.3 is 4.87 Å². The Hall–Kier alpha value is -2.71. The number of H-pyrrole nitrogens is 1. The molecule has 26 heavy (non-hydrogen) atoms. The van der Waals surface area contributed by atoms with Crippen LogP contribution in [0, 0.1) is 0 Å². The smallest absolute Gasteiger partial charge is 0.324 e. The SMILES string of the molecule is O=c1[nH]nc(NCc2cn(-c3ccccc3)nc2-c2cccc(Br)c2)s1. The molecule has 0 aliphatic rings. The maximum atomic E-state index is 11.3. The van der Waals surface area contributed by atoms with Crippen LogP contribution in [0.1, 0.15) is 5.56 Å². The van der Waals surface area contributed by atoms with Crippen LogP contribution in [0.2, 0.25) is 0 Å². The largest absolute Gasteiger partial charge is 0.356 e. The van der Waals surface area contributed by atoms with Gasteiger partial charge in [0, 0.05) is 28.3 Å². The Kier molecular flexibility index (Phi) is 4.68. The number of nitrogens with zero attached hydrogens (tertiary/aromatic N) is 3. The van der Waals surface area contributed by atoms with Crippen molar-refractivity contribution in [2.75, 3.05) is 5.32 Å². The number of hydrogen-bond donors (Lipinski definition) is 2. The summed E-state index contributed by atoms with van der Waals surface area (Å²) in [7, 11) is 0. The maximum absolute atomic E-state index is 11.3. The normalized spacial score (nSPS) is 10.8. The number of halogens is 1. The van der Waals surface area contributed by atoms with Crippen LogP contribution in [0.15, 0.2) is 70.1 Å². The molecule has 0 fully saturated rings. The number of nitrogens with one attached hydrogen (secondary N) is 2. The molecule has 2 N–H and O–H groups in total. The summed E-state index contributed by atoms with van der Waals surface area (Å²) in [6, 6.07) is 18.0. The second-order valence-electron chi connectivity index (χ2n) is 5.57. The van der Waals surface area contributed by atoms with Crippen LogP contribution in [0.4, 0.5) is 5.13 Å². The third kappa shape index (κ3) is 3.61. The number of benzene rings is 2. The zero-order valence-electron chi connectivity index (χ0n) is 13.5. The lowest BCUT2D eigenvalue weighted by Gasteiger charge is -2.04. The van der Waals surface area contributed by atoms with Crippen LogP contribution >= 0.6 is 27.3 Å². The lowest BCUT2D eigenvalue weighted by molar-refractivity contribution is 0.883. The van der Waals surface area contributed by atoms with Crippen molar-refractivity contribution < 1.29 is 0 Å². The fourth-order valence-corrected chi connectivity index (χ4v) is 3.51. The number of anilines is 1. The van der Waals surface area contributed by atoms with Crippen molar-refractivity contribution in [2.45, 2.75) is 6.54 Å². The van der Waals surface area contributed by atoms with Gasteiger partial charge in [-0.1, -0.05) is 46.3 Å². The van der Waals surface area contributed by atoms with E-state index in [1.54, 1.807) is 0 Å². The van der Waals surface area contributed by atoms with E-state index in [0.717, 1.165) is 38.3 Å². The molecular formula is C18H14BrN5OS. The third-order valence-electron chi connectivity index (χ3n) is 3.78. The summed E-state index contributed by atoms with van der Waals surface area (Å²) in [6.45, 7) is 0.509. The van der Waals surface area contributed by atoms with E-state index in [2.05, 4.69) is 31.4 Å². The van der Waals surface area contributed by atoms with Crippen molar-refractivity contribution in [1.82, 2.24) is 20.0 Å². The van der Waals surface area contributed by atoms with Gasteiger partial charge in [0.2, 0.25) is 5.13 Å².